The van der Waals surface area contributed by atoms with Crippen LogP contribution < -0.4 is 0 Å². The third kappa shape index (κ3) is 81.9. The van der Waals surface area contributed by atoms with Crippen LogP contribution in [-0.4, -0.2) is 131 Å². The highest BCUT2D eigenvalue weighted by Crippen LogP contribution is 2.36. The number of rotatable bonds is 104. The quantitative estimate of drug-likeness (QED) is 0.0311. The lowest BCUT2D eigenvalue weighted by atomic mass is 9.76. The molecule has 0 amide bonds. The largest absolute Gasteiger partial charge is 0.466 e. The maximum atomic E-state index is 14.7. The predicted octanol–water partition coefficient (Wildman–Crippen LogP) is 30.0. The van der Waals surface area contributed by atoms with Crippen molar-refractivity contribution in [2.75, 3.05) is 66.1 Å². The van der Waals surface area contributed by atoms with Crippen LogP contribution in [0.15, 0.2) is 0 Å². The van der Waals surface area contributed by atoms with Gasteiger partial charge in [-0.1, -0.05) is 465 Å². The van der Waals surface area contributed by atoms with Crippen LogP contribution in [0.1, 0.15) is 562 Å². The van der Waals surface area contributed by atoms with E-state index in [1.807, 2.05) is 0 Å². The van der Waals surface area contributed by atoms with E-state index in [0.29, 0.717) is 38.5 Å². The average molecular weight is 1810 g/mol. The van der Waals surface area contributed by atoms with Crippen molar-refractivity contribution in [3.05, 3.63) is 0 Å². The van der Waals surface area contributed by atoms with E-state index in [2.05, 4.69) is 41.5 Å². The summed E-state index contributed by atoms with van der Waals surface area (Å²) in [6.07, 6.45) is 76.2. The molecule has 0 aromatic carbocycles. The minimum Gasteiger partial charge on any atom is -0.466 e. The maximum Gasteiger partial charge on any atom is 0.351 e. The number of hydrogen-bond acceptors (Lipinski definition) is 19. The van der Waals surface area contributed by atoms with Crippen molar-refractivity contribution >= 4 is 59.1 Å². The molecule has 0 radical (unpaired) electrons. The Hall–Kier alpha value is -4.78. The number of carbonyl (C=O) groups excluding carboxylic acids is 10. The van der Waals surface area contributed by atoms with Crippen molar-refractivity contribution in [2.24, 2.45) is 5.41 Å². The van der Waals surface area contributed by atoms with Crippen LogP contribution in [0.2, 0.25) is 0 Å². The Balaban J connectivity index is 6.33. The van der Waals surface area contributed by atoms with Crippen molar-refractivity contribution in [1.82, 2.24) is 0 Å². The highest BCUT2D eigenvalue weighted by atomic mass is 16.6. The first kappa shape index (κ1) is 123. The van der Waals surface area contributed by atoms with E-state index in [0.717, 1.165) is 141 Å². The molecule has 0 aromatic heterocycles. The van der Waals surface area contributed by atoms with Gasteiger partial charge in [-0.15, -0.1) is 0 Å². The first-order valence-corrected chi connectivity index (χ1v) is 54.5. The van der Waals surface area contributed by atoms with Crippen molar-refractivity contribution < 1.29 is 90.6 Å². The summed E-state index contributed by atoms with van der Waals surface area (Å²) in [7, 11) is 0. The van der Waals surface area contributed by atoms with E-state index in [1.54, 1.807) is 0 Å². The highest BCUT2D eigenvalue weighted by Gasteiger charge is 2.50. The molecule has 0 fully saturated rings. The highest BCUT2D eigenvalue weighted by molar-refractivity contribution is 5.95. The maximum absolute atomic E-state index is 14.7. The van der Waals surface area contributed by atoms with E-state index in [-0.39, 0.29) is 72.1 Å². The van der Waals surface area contributed by atoms with Gasteiger partial charge in [0.25, 0.3) is 0 Å². The van der Waals surface area contributed by atoms with Gasteiger partial charge < -0.3 is 42.6 Å². The van der Waals surface area contributed by atoms with Crippen molar-refractivity contribution in [3.8, 4) is 0 Å². The Morgan fingerprint density at radius 2 is 0.359 bits per heavy atom. The van der Waals surface area contributed by atoms with Gasteiger partial charge in [0.15, 0.2) is 11.6 Å². The number of ether oxygens (including phenoxy) is 9. The summed E-state index contributed by atoms with van der Waals surface area (Å²) >= 11 is 0. The van der Waals surface area contributed by atoms with Crippen LogP contribution >= 0.6 is 0 Å². The molecule has 0 atom stereocenters. The lowest BCUT2D eigenvalue weighted by Gasteiger charge is -2.30. The molecule has 19 heteroatoms. The molecule has 0 saturated carbocycles. The summed E-state index contributed by atoms with van der Waals surface area (Å²) in [5.74, 6) is -7.44. The van der Waals surface area contributed by atoms with Gasteiger partial charge in [-0.2, -0.15) is 0 Å². The molecule has 0 spiro atoms. The molecule has 0 aliphatic heterocycles. The topological polar surface area (TPSA) is 254 Å². The molecular formula is C109H200O19. The second-order valence-corrected chi connectivity index (χ2v) is 37.8. The van der Waals surface area contributed by atoms with Gasteiger partial charge in [0, 0.05) is 25.7 Å². The summed E-state index contributed by atoms with van der Waals surface area (Å²) in [5, 5.41) is 0. The molecule has 0 bridgehead atoms. The van der Waals surface area contributed by atoms with Crippen molar-refractivity contribution in [2.45, 2.75) is 567 Å². The lowest BCUT2D eigenvalue weighted by Crippen LogP contribution is -2.49. The fraction of sp³-hybridized carbons (Fsp3) is 0.908. The number of hydrogen-bond donors (Lipinski definition) is 0. The summed E-state index contributed by atoms with van der Waals surface area (Å²) in [6, 6.07) is 0. The van der Waals surface area contributed by atoms with E-state index in [4.69, 9.17) is 42.6 Å². The Kier molecular flexibility index (Phi) is 91.8. The normalized spacial score (nSPS) is 11.6. The molecular weight excluding hydrogens is 1610 g/mol. The third-order valence-corrected chi connectivity index (χ3v) is 25.2. The zero-order valence-electron chi connectivity index (χ0n) is 84.1. The molecule has 128 heavy (non-hydrogen) atoms. The summed E-state index contributed by atoms with van der Waals surface area (Å²) in [5.41, 5.74) is -4.36. The van der Waals surface area contributed by atoms with Gasteiger partial charge in [-0.3, -0.25) is 43.2 Å². The Bertz CT molecular complexity index is 2330. The van der Waals surface area contributed by atoms with Crippen LogP contribution in [0, 0.1) is 5.41 Å². The first-order valence-electron chi connectivity index (χ1n) is 54.5. The second kappa shape index (κ2) is 95.4. The number of unbranched alkanes of at least 4 members (excludes halogenated alkanes) is 66. The van der Waals surface area contributed by atoms with Gasteiger partial charge in [0.1, 0.15) is 19.0 Å². The van der Waals surface area contributed by atoms with Gasteiger partial charge in [-0.05, 0) is 38.5 Å². The Morgan fingerprint density at radius 1 is 0.172 bits per heavy atom. The van der Waals surface area contributed by atoms with Crippen LogP contribution in [-0.2, 0) is 90.6 Å². The summed E-state index contributed by atoms with van der Waals surface area (Å²) in [6.45, 7) is 12.8. The Labute approximate surface area is 784 Å². The number of ketones is 3. The average Bonchev–Trinajstić information content (AvgIpc) is 0.816. The van der Waals surface area contributed by atoms with E-state index < -0.39 is 122 Å². The number of Topliss-reactive ketones (excluding diaryl/α,β-unsaturated/α-hetero) is 3. The fourth-order valence-corrected chi connectivity index (χ4v) is 16.9. The van der Waals surface area contributed by atoms with Crippen molar-refractivity contribution in [3.63, 3.8) is 0 Å². The molecule has 0 rings (SSSR count). The predicted molar refractivity (Wildman–Crippen MR) is 522 cm³/mol. The minimum absolute atomic E-state index is 0.0231. The molecule has 0 saturated heterocycles. The minimum atomic E-state index is -2.43. The van der Waals surface area contributed by atoms with Gasteiger partial charge in [-0.25, -0.2) is 4.79 Å². The molecule has 0 aromatic rings. The van der Waals surface area contributed by atoms with Crippen molar-refractivity contribution in [1.29, 1.82) is 0 Å². The van der Waals surface area contributed by atoms with E-state index >= 15 is 0 Å². The molecule has 0 aliphatic rings. The molecule has 0 aliphatic carbocycles. The molecule has 19 nitrogen and oxygen atoms in total. The summed E-state index contributed by atoms with van der Waals surface area (Å²) in [4.78, 5) is 140. The van der Waals surface area contributed by atoms with Gasteiger partial charge >= 0.3 is 41.8 Å². The second-order valence-electron chi connectivity index (χ2n) is 37.8. The van der Waals surface area contributed by atoms with Crippen LogP contribution in [0.5, 0.6) is 0 Å². The van der Waals surface area contributed by atoms with E-state index in [1.165, 1.54) is 283 Å². The van der Waals surface area contributed by atoms with Crippen LogP contribution in [0.4, 0.5) is 0 Å². The molecule has 750 valence electrons. The third-order valence-electron chi connectivity index (χ3n) is 25.2. The van der Waals surface area contributed by atoms with Gasteiger partial charge in [0.2, 0.25) is 5.60 Å². The van der Waals surface area contributed by atoms with Crippen LogP contribution in [0.25, 0.3) is 0 Å². The standard InChI is InChI=1S/C109H200O19/c1-7-13-19-25-31-37-43-49-55-61-67-73-83-122-102(114)92-108(106(118)126-87-77-71-65-59-53-47-41-35-29-23-17-11-5,93-103(115)123-84-74-68-62-56-50-44-38-32-26-20-14-8-2)91-98(110)79-80-99(111)96-120-89-90-121-97-100(112)81-82-101(113)128-109(107(119)127-88-78-72-66-60-54-48-42-36-30-24-18-12-6,94-104(116)124-85-75-69-63-57-51-45-39-33-27-21-15-9-3)95-105(117)125-86-76-70-64-58-52-46-40-34-28-22-16-10-4/h7-97H2,1-6H3. The molecule has 0 N–H and O–H groups in total. The Morgan fingerprint density at radius 3 is 0.594 bits per heavy atom. The number of carbonyl (C=O) groups is 10. The lowest BCUT2D eigenvalue weighted by molar-refractivity contribution is -0.191. The van der Waals surface area contributed by atoms with Gasteiger partial charge in [0.05, 0.1) is 90.4 Å². The van der Waals surface area contributed by atoms with Crippen LogP contribution in [0.3, 0.4) is 0 Å². The zero-order valence-corrected chi connectivity index (χ0v) is 84.1. The fourth-order valence-electron chi connectivity index (χ4n) is 16.9. The number of esters is 7. The SMILES string of the molecule is CCCCCCCCCCCCCCOC(=O)CC(CC(=O)CCC(=O)COCCOCC(=O)CCC(=O)OC(CC(=O)OCCCCCCCCCCCCCC)(CC(=O)OCCCCCCCCCCCCCC)C(=O)OCCCCCCCCCCCCCC)(CC(=O)OCCCCCCCCCCCCCC)C(=O)OCCCCCCCCCCCCCC. The molecule has 0 unspecified atom stereocenters. The molecule has 0 heterocycles. The monoisotopic (exact) mass is 1810 g/mol. The zero-order chi connectivity index (χ0) is 93.5. The first-order chi connectivity index (χ1) is 62.6. The smallest absolute Gasteiger partial charge is 0.351 e. The van der Waals surface area contributed by atoms with E-state index in [9.17, 15) is 47.9 Å². The summed E-state index contributed by atoms with van der Waals surface area (Å²) < 4.78 is 52.0.